The Morgan fingerprint density at radius 1 is 1.38 bits per heavy atom. The fraction of sp³-hybridized carbons (Fsp3) is 0.500. The van der Waals surface area contributed by atoms with Crippen LogP contribution in [-0.2, 0) is 6.42 Å². The van der Waals surface area contributed by atoms with Crippen LogP contribution in [0.3, 0.4) is 0 Å². The third kappa shape index (κ3) is 1.43. The molecule has 0 spiro atoms. The second kappa shape index (κ2) is 3.41. The van der Waals surface area contributed by atoms with E-state index in [0.29, 0.717) is 5.92 Å². The van der Waals surface area contributed by atoms with Gasteiger partial charge in [-0.15, -0.1) is 0 Å². The Bertz CT molecular complexity index is 304. The lowest BCUT2D eigenvalue weighted by Crippen LogP contribution is -2.08. The topological polar surface area (TPSA) is 9.23 Å². The van der Waals surface area contributed by atoms with E-state index < -0.39 is 0 Å². The van der Waals surface area contributed by atoms with Crippen molar-refractivity contribution in [2.75, 3.05) is 7.11 Å². The highest BCUT2D eigenvalue weighted by Crippen LogP contribution is 2.35. The lowest BCUT2D eigenvalue weighted by atomic mass is 9.83. The van der Waals surface area contributed by atoms with Crippen molar-refractivity contribution in [1.82, 2.24) is 0 Å². The number of benzene rings is 1. The molecule has 1 aromatic carbocycles. The van der Waals surface area contributed by atoms with E-state index in [1.165, 1.54) is 30.4 Å². The van der Waals surface area contributed by atoms with Crippen molar-refractivity contribution in [3.63, 3.8) is 0 Å². The van der Waals surface area contributed by atoms with E-state index in [-0.39, 0.29) is 0 Å². The number of methoxy groups -OCH3 is 1. The van der Waals surface area contributed by atoms with Gasteiger partial charge >= 0.3 is 0 Å². The van der Waals surface area contributed by atoms with Gasteiger partial charge in [-0.3, -0.25) is 0 Å². The molecule has 0 bridgehead atoms. The maximum Gasteiger partial charge on any atom is 0.122 e. The van der Waals surface area contributed by atoms with Crippen LogP contribution in [0.15, 0.2) is 18.2 Å². The standard InChI is InChI=1S/C12H16O/c1-9-5-3-7-11-10(9)6-4-8-12(11)13-2/h4,6,8-9H,3,5,7H2,1-2H3. The minimum absolute atomic E-state index is 0.707. The monoisotopic (exact) mass is 176 g/mol. The molecule has 1 aliphatic rings. The Hall–Kier alpha value is -0.980. The van der Waals surface area contributed by atoms with Gasteiger partial charge in [0.05, 0.1) is 7.11 Å². The highest BCUT2D eigenvalue weighted by molar-refractivity contribution is 5.43. The first-order valence-corrected chi connectivity index (χ1v) is 4.98. The summed E-state index contributed by atoms with van der Waals surface area (Å²) in [5.41, 5.74) is 2.93. The van der Waals surface area contributed by atoms with Crippen molar-refractivity contribution in [3.05, 3.63) is 29.3 Å². The van der Waals surface area contributed by atoms with Crippen LogP contribution in [0, 0.1) is 0 Å². The van der Waals surface area contributed by atoms with Gasteiger partial charge in [0.1, 0.15) is 5.75 Å². The van der Waals surface area contributed by atoms with Gasteiger partial charge in [-0.1, -0.05) is 19.1 Å². The molecular formula is C12H16O. The summed E-state index contributed by atoms with van der Waals surface area (Å²) in [5, 5.41) is 0. The van der Waals surface area contributed by atoms with Crippen LogP contribution >= 0.6 is 0 Å². The molecule has 13 heavy (non-hydrogen) atoms. The Morgan fingerprint density at radius 2 is 2.23 bits per heavy atom. The SMILES string of the molecule is COc1cccc2c1CCCC2C. The minimum Gasteiger partial charge on any atom is -0.496 e. The Kier molecular flexibility index (Phi) is 2.26. The Morgan fingerprint density at radius 3 is 3.00 bits per heavy atom. The zero-order valence-corrected chi connectivity index (χ0v) is 8.34. The molecule has 1 aliphatic carbocycles. The molecule has 0 saturated carbocycles. The number of ether oxygens (including phenoxy) is 1. The van der Waals surface area contributed by atoms with Crippen LogP contribution in [0.2, 0.25) is 0 Å². The number of rotatable bonds is 1. The molecule has 1 unspecified atom stereocenters. The first-order valence-electron chi connectivity index (χ1n) is 4.98. The van der Waals surface area contributed by atoms with Gasteiger partial charge < -0.3 is 4.74 Å². The molecule has 2 rings (SSSR count). The summed E-state index contributed by atoms with van der Waals surface area (Å²) in [6, 6.07) is 6.40. The third-order valence-corrected chi connectivity index (χ3v) is 2.98. The molecule has 0 heterocycles. The van der Waals surface area contributed by atoms with E-state index in [9.17, 15) is 0 Å². The van der Waals surface area contributed by atoms with E-state index in [1.54, 1.807) is 7.11 Å². The van der Waals surface area contributed by atoms with E-state index >= 15 is 0 Å². The summed E-state index contributed by atoms with van der Waals surface area (Å²) >= 11 is 0. The van der Waals surface area contributed by atoms with Crippen molar-refractivity contribution in [1.29, 1.82) is 0 Å². The van der Waals surface area contributed by atoms with Crippen LogP contribution in [0.25, 0.3) is 0 Å². The smallest absolute Gasteiger partial charge is 0.122 e. The molecule has 0 fully saturated rings. The van der Waals surface area contributed by atoms with Crippen molar-refractivity contribution < 1.29 is 4.74 Å². The number of hydrogen-bond acceptors (Lipinski definition) is 1. The normalized spacial score (nSPS) is 20.9. The molecule has 1 nitrogen and oxygen atoms in total. The molecule has 70 valence electrons. The molecule has 1 aromatic rings. The molecular weight excluding hydrogens is 160 g/mol. The highest BCUT2D eigenvalue weighted by Gasteiger charge is 2.18. The first kappa shape index (κ1) is 8.61. The summed E-state index contributed by atoms with van der Waals surface area (Å²) in [5.74, 6) is 1.78. The lowest BCUT2D eigenvalue weighted by Gasteiger charge is -2.23. The summed E-state index contributed by atoms with van der Waals surface area (Å²) < 4.78 is 5.36. The van der Waals surface area contributed by atoms with Crippen LogP contribution in [0.5, 0.6) is 5.75 Å². The third-order valence-electron chi connectivity index (χ3n) is 2.98. The maximum absolute atomic E-state index is 5.36. The van der Waals surface area contributed by atoms with E-state index in [1.807, 2.05) is 0 Å². The van der Waals surface area contributed by atoms with Crippen molar-refractivity contribution in [2.24, 2.45) is 0 Å². The average Bonchev–Trinajstić information content (AvgIpc) is 2.18. The van der Waals surface area contributed by atoms with Gasteiger partial charge in [0, 0.05) is 0 Å². The summed E-state index contributed by atoms with van der Waals surface area (Å²) in [6.07, 6.45) is 3.80. The molecule has 0 aromatic heterocycles. The first-order chi connectivity index (χ1) is 6.33. The summed E-state index contributed by atoms with van der Waals surface area (Å²) in [4.78, 5) is 0. The second-order valence-electron chi connectivity index (χ2n) is 3.82. The largest absolute Gasteiger partial charge is 0.496 e. The van der Waals surface area contributed by atoms with Gasteiger partial charge in [0.25, 0.3) is 0 Å². The fourth-order valence-electron chi connectivity index (χ4n) is 2.24. The van der Waals surface area contributed by atoms with E-state index in [4.69, 9.17) is 4.74 Å². The highest BCUT2D eigenvalue weighted by atomic mass is 16.5. The van der Waals surface area contributed by atoms with Crippen LogP contribution in [-0.4, -0.2) is 7.11 Å². The number of fused-ring (bicyclic) bond motifs is 1. The van der Waals surface area contributed by atoms with Gasteiger partial charge in [0.15, 0.2) is 0 Å². The predicted molar refractivity (Wildman–Crippen MR) is 54.3 cm³/mol. The molecule has 0 saturated heterocycles. The molecule has 0 aliphatic heterocycles. The summed E-state index contributed by atoms with van der Waals surface area (Å²) in [6.45, 7) is 2.30. The molecule has 0 amide bonds. The molecule has 0 radical (unpaired) electrons. The number of hydrogen-bond donors (Lipinski definition) is 0. The van der Waals surface area contributed by atoms with E-state index in [0.717, 1.165) is 5.75 Å². The van der Waals surface area contributed by atoms with Crippen LogP contribution in [0.4, 0.5) is 0 Å². The maximum atomic E-state index is 5.36. The summed E-state index contributed by atoms with van der Waals surface area (Å²) in [7, 11) is 1.76. The van der Waals surface area contributed by atoms with Crippen molar-refractivity contribution >= 4 is 0 Å². The van der Waals surface area contributed by atoms with Crippen LogP contribution < -0.4 is 4.74 Å². The van der Waals surface area contributed by atoms with Crippen molar-refractivity contribution in [2.45, 2.75) is 32.1 Å². The Balaban J connectivity index is 2.48. The van der Waals surface area contributed by atoms with E-state index in [2.05, 4.69) is 25.1 Å². The fourth-order valence-corrected chi connectivity index (χ4v) is 2.24. The minimum atomic E-state index is 0.707. The van der Waals surface area contributed by atoms with Crippen LogP contribution in [0.1, 0.15) is 36.8 Å². The average molecular weight is 176 g/mol. The van der Waals surface area contributed by atoms with Gasteiger partial charge in [-0.05, 0) is 42.4 Å². The van der Waals surface area contributed by atoms with Gasteiger partial charge in [-0.25, -0.2) is 0 Å². The van der Waals surface area contributed by atoms with Gasteiger partial charge in [0.2, 0.25) is 0 Å². The zero-order valence-electron chi connectivity index (χ0n) is 8.34. The molecule has 1 heteroatoms. The molecule has 0 N–H and O–H groups in total. The quantitative estimate of drug-likeness (QED) is 0.638. The zero-order chi connectivity index (χ0) is 9.26. The van der Waals surface area contributed by atoms with Gasteiger partial charge in [-0.2, -0.15) is 0 Å². The lowest BCUT2D eigenvalue weighted by molar-refractivity contribution is 0.404. The second-order valence-corrected chi connectivity index (χ2v) is 3.82. The predicted octanol–water partition coefficient (Wildman–Crippen LogP) is 3.14. The molecule has 1 atom stereocenters. The van der Waals surface area contributed by atoms with Crippen molar-refractivity contribution in [3.8, 4) is 5.75 Å². The Labute approximate surface area is 79.7 Å².